The molecule has 14 heavy (non-hydrogen) atoms. The summed E-state index contributed by atoms with van der Waals surface area (Å²) in [7, 11) is 1.64. The van der Waals surface area contributed by atoms with Crippen molar-refractivity contribution in [1.82, 2.24) is 4.98 Å². The van der Waals surface area contributed by atoms with Crippen LogP contribution in [0.4, 0.5) is 0 Å². The highest BCUT2D eigenvalue weighted by Crippen LogP contribution is 2.29. The van der Waals surface area contributed by atoms with E-state index in [0.29, 0.717) is 16.6 Å². The van der Waals surface area contributed by atoms with Gasteiger partial charge >= 0.3 is 0 Å². The van der Waals surface area contributed by atoms with Crippen LogP contribution in [0, 0.1) is 0 Å². The molecule has 1 heterocycles. The molecule has 78 valence electrons. The minimum absolute atomic E-state index is 0.472. The summed E-state index contributed by atoms with van der Waals surface area (Å²) in [6.07, 6.45) is 2.91. The molecular formula is C11H16BrNO. The van der Waals surface area contributed by atoms with E-state index in [2.05, 4.69) is 40.8 Å². The number of hydrogen-bond acceptors (Lipinski definition) is 2. The predicted octanol–water partition coefficient (Wildman–Crippen LogP) is 3.37. The molecule has 2 nitrogen and oxygen atoms in total. The first-order valence-electron chi connectivity index (χ1n) is 4.83. The Morgan fingerprint density at radius 3 is 2.79 bits per heavy atom. The van der Waals surface area contributed by atoms with E-state index in [4.69, 9.17) is 4.74 Å². The van der Waals surface area contributed by atoms with Gasteiger partial charge in [-0.3, -0.25) is 0 Å². The van der Waals surface area contributed by atoms with E-state index < -0.39 is 0 Å². The van der Waals surface area contributed by atoms with Crippen molar-refractivity contribution in [3.05, 3.63) is 23.9 Å². The number of ether oxygens (including phenoxy) is 1. The van der Waals surface area contributed by atoms with Crippen LogP contribution in [-0.2, 0) is 0 Å². The van der Waals surface area contributed by atoms with Gasteiger partial charge in [0.25, 0.3) is 0 Å². The third-order valence-electron chi connectivity index (χ3n) is 2.39. The van der Waals surface area contributed by atoms with E-state index in [-0.39, 0.29) is 0 Å². The second-order valence-electron chi connectivity index (χ2n) is 3.32. The van der Waals surface area contributed by atoms with Crippen LogP contribution < -0.4 is 4.74 Å². The van der Waals surface area contributed by atoms with Gasteiger partial charge in [0.15, 0.2) is 0 Å². The molecule has 0 radical (unpaired) electrons. The Morgan fingerprint density at radius 2 is 2.29 bits per heavy atom. The third kappa shape index (κ3) is 2.71. The van der Waals surface area contributed by atoms with E-state index >= 15 is 0 Å². The molecule has 0 fully saturated rings. The lowest BCUT2D eigenvalue weighted by Crippen LogP contribution is -2.08. The number of aromatic nitrogens is 1. The van der Waals surface area contributed by atoms with Crippen LogP contribution in [0.2, 0.25) is 0 Å². The van der Waals surface area contributed by atoms with Crippen LogP contribution in [0.3, 0.4) is 0 Å². The summed E-state index contributed by atoms with van der Waals surface area (Å²) in [5.41, 5.74) is 1.28. The van der Waals surface area contributed by atoms with E-state index in [0.717, 1.165) is 6.42 Å². The van der Waals surface area contributed by atoms with Gasteiger partial charge in [-0.25, -0.2) is 4.98 Å². The highest BCUT2D eigenvalue weighted by atomic mass is 79.9. The van der Waals surface area contributed by atoms with Gasteiger partial charge in [0.2, 0.25) is 5.88 Å². The number of pyridine rings is 1. The molecule has 0 saturated heterocycles. The SMILES string of the molecule is CCC(c1ccnc(OC)c1)C(C)Br. The molecule has 0 aliphatic rings. The Hall–Kier alpha value is -0.570. The number of alkyl halides is 1. The molecule has 0 aliphatic heterocycles. The number of halogens is 1. The number of methoxy groups -OCH3 is 1. The first kappa shape index (κ1) is 11.5. The van der Waals surface area contributed by atoms with Crippen molar-refractivity contribution in [2.45, 2.75) is 31.0 Å². The Labute approximate surface area is 93.8 Å². The highest BCUT2D eigenvalue weighted by Gasteiger charge is 2.15. The summed E-state index contributed by atoms with van der Waals surface area (Å²) in [5.74, 6) is 1.21. The van der Waals surface area contributed by atoms with Crippen molar-refractivity contribution in [3.63, 3.8) is 0 Å². The lowest BCUT2D eigenvalue weighted by Gasteiger charge is -2.18. The van der Waals surface area contributed by atoms with Crippen LogP contribution in [-0.4, -0.2) is 16.9 Å². The van der Waals surface area contributed by atoms with E-state index in [1.807, 2.05) is 6.07 Å². The zero-order valence-electron chi connectivity index (χ0n) is 8.83. The molecule has 2 atom stereocenters. The number of rotatable bonds is 4. The van der Waals surface area contributed by atoms with E-state index in [1.54, 1.807) is 13.3 Å². The Balaban J connectivity index is 2.92. The number of hydrogen-bond donors (Lipinski definition) is 0. The average molecular weight is 258 g/mol. The van der Waals surface area contributed by atoms with Crippen molar-refractivity contribution < 1.29 is 4.74 Å². The van der Waals surface area contributed by atoms with E-state index in [9.17, 15) is 0 Å². The van der Waals surface area contributed by atoms with Gasteiger partial charge in [-0.15, -0.1) is 0 Å². The molecule has 3 heteroatoms. The number of nitrogens with zero attached hydrogens (tertiary/aromatic N) is 1. The summed E-state index contributed by atoms with van der Waals surface area (Å²) >= 11 is 3.62. The van der Waals surface area contributed by atoms with E-state index in [1.165, 1.54) is 5.56 Å². The highest BCUT2D eigenvalue weighted by molar-refractivity contribution is 9.09. The van der Waals surface area contributed by atoms with Gasteiger partial charge in [0.1, 0.15) is 0 Å². The molecule has 0 amide bonds. The maximum Gasteiger partial charge on any atom is 0.213 e. The monoisotopic (exact) mass is 257 g/mol. The lowest BCUT2D eigenvalue weighted by molar-refractivity contribution is 0.396. The van der Waals surface area contributed by atoms with Crippen molar-refractivity contribution >= 4 is 15.9 Å². The van der Waals surface area contributed by atoms with Gasteiger partial charge in [-0.05, 0) is 24.0 Å². The average Bonchev–Trinajstić information content (AvgIpc) is 2.19. The zero-order chi connectivity index (χ0) is 10.6. The van der Waals surface area contributed by atoms with Gasteiger partial charge in [-0.2, -0.15) is 0 Å². The standard InChI is InChI=1S/C11H16BrNO/c1-4-10(8(2)12)9-5-6-13-11(7-9)14-3/h5-8,10H,4H2,1-3H3. The maximum absolute atomic E-state index is 5.10. The first-order valence-corrected chi connectivity index (χ1v) is 5.74. The fraction of sp³-hybridized carbons (Fsp3) is 0.545. The smallest absolute Gasteiger partial charge is 0.213 e. The summed E-state index contributed by atoms with van der Waals surface area (Å²) in [6, 6.07) is 4.06. The Bertz CT molecular complexity index is 288. The third-order valence-corrected chi connectivity index (χ3v) is 3.03. The van der Waals surface area contributed by atoms with Crippen LogP contribution in [0.5, 0.6) is 5.88 Å². The Morgan fingerprint density at radius 1 is 1.57 bits per heavy atom. The molecule has 0 aliphatic carbocycles. The molecule has 1 rings (SSSR count). The lowest BCUT2D eigenvalue weighted by atomic mass is 9.95. The second-order valence-corrected chi connectivity index (χ2v) is 4.77. The fourth-order valence-corrected chi connectivity index (χ4v) is 2.27. The zero-order valence-corrected chi connectivity index (χ0v) is 10.4. The summed E-state index contributed by atoms with van der Waals surface area (Å²) in [5, 5.41) is 0. The molecule has 0 N–H and O–H groups in total. The second kappa shape index (κ2) is 5.35. The van der Waals surface area contributed by atoms with Crippen LogP contribution in [0.25, 0.3) is 0 Å². The molecule has 0 aromatic carbocycles. The molecule has 1 aromatic heterocycles. The molecule has 0 saturated carbocycles. The van der Waals surface area contributed by atoms with Crippen LogP contribution in [0.15, 0.2) is 18.3 Å². The minimum Gasteiger partial charge on any atom is -0.481 e. The topological polar surface area (TPSA) is 22.1 Å². The van der Waals surface area contributed by atoms with Gasteiger partial charge in [-0.1, -0.05) is 29.8 Å². The largest absolute Gasteiger partial charge is 0.481 e. The quantitative estimate of drug-likeness (QED) is 0.772. The summed E-state index contributed by atoms with van der Waals surface area (Å²) in [6.45, 7) is 4.36. The van der Waals surface area contributed by atoms with Crippen molar-refractivity contribution in [1.29, 1.82) is 0 Å². The maximum atomic E-state index is 5.10. The van der Waals surface area contributed by atoms with Gasteiger partial charge in [0, 0.05) is 17.1 Å². The van der Waals surface area contributed by atoms with Crippen LogP contribution in [0.1, 0.15) is 31.7 Å². The molecule has 0 bridgehead atoms. The molecule has 1 aromatic rings. The summed E-state index contributed by atoms with van der Waals surface area (Å²) in [4.78, 5) is 4.57. The summed E-state index contributed by atoms with van der Waals surface area (Å²) < 4.78 is 5.10. The molecule has 0 spiro atoms. The van der Waals surface area contributed by atoms with Crippen molar-refractivity contribution in [2.75, 3.05) is 7.11 Å². The van der Waals surface area contributed by atoms with Gasteiger partial charge in [0.05, 0.1) is 7.11 Å². The van der Waals surface area contributed by atoms with Crippen molar-refractivity contribution in [2.24, 2.45) is 0 Å². The molecule has 2 unspecified atom stereocenters. The first-order chi connectivity index (χ1) is 6.69. The molecular weight excluding hydrogens is 242 g/mol. The van der Waals surface area contributed by atoms with Gasteiger partial charge < -0.3 is 4.74 Å². The Kier molecular flexibility index (Phi) is 4.39. The van der Waals surface area contributed by atoms with Crippen molar-refractivity contribution in [3.8, 4) is 5.88 Å². The minimum atomic E-state index is 0.472. The predicted molar refractivity (Wildman–Crippen MR) is 62.2 cm³/mol. The van der Waals surface area contributed by atoms with Crippen LogP contribution >= 0.6 is 15.9 Å². The fourth-order valence-electron chi connectivity index (χ4n) is 1.59. The normalized spacial score (nSPS) is 14.9.